The van der Waals surface area contributed by atoms with E-state index in [2.05, 4.69) is 18.3 Å². The van der Waals surface area contributed by atoms with E-state index in [9.17, 15) is 0 Å². The number of hydrogen-bond donors (Lipinski definition) is 1. The first-order valence-electron chi connectivity index (χ1n) is 6.83. The molecular weight excluding hydrogens is 286 g/mol. The number of halogens is 1. The Kier molecular flexibility index (Phi) is 5.48. The molecule has 0 aliphatic rings. The third-order valence-electron chi connectivity index (χ3n) is 3.37. The van der Waals surface area contributed by atoms with Crippen LogP contribution < -0.4 is 14.8 Å². The van der Waals surface area contributed by atoms with E-state index in [-0.39, 0.29) is 6.04 Å². The highest BCUT2D eigenvalue weighted by atomic mass is 35.5. The van der Waals surface area contributed by atoms with E-state index < -0.39 is 0 Å². The summed E-state index contributed by atoms with van der Waals surface area (Å²) in [5, 5.41) is 4.23. The lowest BCUT2D eigenvalue weighted by Gasteiger charge is -2.15. The van der Waals surface area contributed by atoms with Gasteiger partial charge in [-0.15, -0.1) is 0 Å². The van der Waals surface area contributed by atoms with Crippen LogP contribution in [-0.4, -0.2) is 14.2 Å². The minimum Gasteiger partial charge on any atom is -0.497 e. The molecule has 21 heavy (non-hydrogen) atoms. The fraction of sp³-hybridized carbons (Fsp3) is 0.294. The Morgan fingerprint density at radius 2 is 1.71 bits per heavy atom. The van der Waals surface area contributed by atoms with Crippen LogP contribution >= 0.6 is 11.6 Å². The van der Waals surface area contributed by atoms with Crippen molar-refractivity contribution in [3.05, 3.63) is 58.6 Å². The van der Waals surface area contributed by atoms with Crippen molar-refractivity contribution in [2.75, 3.05) is 14.2 Å². The fourth-order valence-corrected chi connectivity index (χ4v) is 2.33. The summed E-state index contributed by atoms with van der Waals surface area (Å²) in [7, 11) is 3.31. The predicted molar refractivity (Wildman–Crippen MR) is 86.3 cm³/mol. The molecule has 0 aliphatic heterocycles. The number of methoxy groups -OCH3 is 2. The number of ether oxygens (including phenoxy) is 2. The highest BCUT2D eigenvalue weighted by Gasteiger charge is 2.07. The first-order chi connectivity index (χ1) is 10.1. The quantitative estimate of drug-likeness (QED) is 0.867. The minimum atomic E-state index is 0.209. The van der Waals surface area contributed by atoms with E-state index in [0.29, 0.717) is 0 Å². The van der Waals surface area contributed by atoms with E-state index in [0.717, 1.165) is 34.2 Å². The van der Waals surface area contributed by atoms with E-state index >= 15 is 0 Å². The predicted octanol–water partition coefficient (Wildman–Crippen LogP) is 4.21. The third-order valence-corrected chi connectivity index (χ3v) is 3.61. The summed E-state index contributed by atoms with van der Waals surface area (Å²) in [6.45, 7) is 2.84. The first kappa shape index (κ1) is 15.7. The molecule has 2 rings (SSSR count). The molecule has 112 valence electrons. The number of hydrogen-bond acceptors (Lipinski definition) is 3. The number of nitrogens with one attached hydrogen (secondary N) is 1. The average molecular weight is 306 g/mol. The van der Waals surface area contributed by atoms with Crippen molar-refractivity contribution in [2.24, 2.45) is 0 Å². The Bertz CT molecular complexity index is 579. The highest BCUT2D eigenvalue weighted by Crippen LogP contribution is 2.23. The van der Waals surface area contributed by atoms with Crippen molar-refractivity contribution in [3.8, 4) is 11.5 Å². The standard InChI is InChI=1S/C17H20ClNO2/c1-12(14-5-4-6-15(18)9-14)19-11-13-7-16(20-2)10-17(8-13)21-3/h4-10,12,19H,11H2,1-3H3/t12-/m0/s1. The van der Waals surface area contributed by atoms with Gasteiger partial charge in [0.05, 0.1) is 14.2 Å². The van der Waals surface area contributed by atoms with E-state index in [1.54, 1.807) is 14.2 Å². The zero-order chi connectivity index (χ0) is 15.2. The first-order valence-corrected chi connectivity index (χ1v) is 7.21. The van der Waals surface area contributed by atoms with Crippen LogP contribution in [-0.2, 0) is 6.54 Å². The molecule has 0 aromatic heterocycles. The normalized spacial score (nSPS) is 12.0. The molecule has 0 heterocycles. The van der Waals surface area contributed by atoms with Crippen molar-refractivity contribution in [2.45, 2.75) is 19.5 Å². The second-order valence-electron chi connectivity index (χ2n) is 4.88. The third kappa shape index (κ3) is 4.38. The van der Waals surface area contributed by atoms with E-state index in [4.69, 9.17) is 21.1 Å². The van der Waals surface area contributed by atoms with Crippen LogP contribution in [0.4, 0.5) is 0 Å². The van der Waals surface area contributed by atoms with E-state index in [1.807, 2.05) is 36.4 Å². The Morgan fingerprint density at radius 3 is 2.29 bits per heavy atom. The molecule has 3 nitrogen and oxygen atoms in total. The molecule has 4 heteroatoms. The molecule has 0 fully saturated rings. The van der Waals surface area contributed by atoms with Gasteiger partial charge in [-0.25, -0.2) is 0 Å². The van der Waals surface area contributed by atoms with Crippen LogP contribution in [0.1, 0.15) is 24.1 Å². The van der Waals surface area contributed by atoms with Crippen LogP contribution in [0, 0.1) is 0 Å². The van der Waals surface area contributed by atoms with Crippen LogP contribution in [0.25, 0.3) is 0 Å². The SMILES string of the molecule is COc1cc(CN[C@@H](C)c2cccc(Cl)c2)cc(OC)c1. The molecule has 0 amide bonds. The van der Waals surface area contributed by atoms with Gasteiger partial charge in [-0.2, -0.15) is 0 Å². The molecule has 0 bridgehead atoms. The maximum Gasteiger partial charge on any atom is 0.122 e. The number of benzene rings is 2. The van der Waals surface area contributed by atoms with E-state index in [1.165, 1.54) is 0 Å². The summed E-state index contributed by atoms with van der Waals surface area (Å²) in [6.07, 6.45) is 0. The van der Waals surface area contributed by atoms with Crippen molar-refractivity contribution in [3.63, 3.8) is 0 Å². The topological polar surface area (TPSA) is 30.5 Å². The maximum absolute atomic E-state index is 6.02. The van der Waals surface area contributed by atoms with Gasteiger partial charge in [0, 0.05) is 23.7 Å². The van der Waals surface area contributed by atoms with Crippen LogP contribution in [0.3, 0.4) is 0 Å². The van der Waals surface area contributed by atoms with Crippen LogP contribution in [0.15, 0.2) is 42.5 Å². The van der Waals surface area contributed by atoms with Gasteiger partial charge in [0.15, 0.2) is 0 Å². The molecule has 1 N–H and O–H groups in total. The molecular formula is C17H20ClNO2. The summed E-state index contributed by atoms with van der Waals surface area (Å²) in [4.78, 5) is 0. The van der Waals surface area contributed by atoms with Crippen LogP contribution in [0.5, 0.6) is 11.5 Å². The van der Waals surface area contributed by atoms with Crippen molar-refractivity contribution < 1.29 is 9.47 Å². The molecule has 0 saturated carbocycles. The van der Waals surface area contributed by atoms with Gasteiger partial charge in [-0.05, 0) is 42.3 Å². The Morgan fingerprint density at radius 1 is 1.05 bits per heavy atom. The van der Waals surface area contributed by atoms with Gasteiger partial charge in [-0.3, -0.25) is 0 Å². The second kappa shape index (κ2) is 7.34. The molecule has 0 saturated heterocycles. The average Bonchev–Trinajstić information content (AvgIpc) is 2.52. The Labute approximate surface area is 130 Å². The molecule has 0 radical (unpaired) electrons. The lowest BCUT2D eigenvalue weighted by atomic mass is 10.1. The molecule has 2 aromatic rings. The summed E-state index contributed by atoms with van der Waals surface area (Å²) in [5.74, 6) is 1.59. The maximum atomic E-state index is 6.02. The monoisotopic (exact) mass is 305 g/mol. The zero-order valence-corrected chi connectivity index (χ0v) is 13.3. The molecule has 0 aliphatic carbocycles. The lowest BCUT2D eigenvalue weighted by Crippen LogP contribution is -2.18. The van der Waals surface area contributed by atoms with Gasteiger partial charge in [0.1, 0.15) is 11.5 Å². The summed E-state index contributed by atoms with van der Waals surface area (Å²) in [5.41, 5.74) is 2.28. The molecule has 0 unspecified atom stereocenters. The molecule has 1 atom stereocenters. The fourth-order valence-electron chi connectivity index (χ4n) is 2.13. The van der Waals surface area contributed by atoms with Gasteiger partial charge >= 0.3 is 0 Å². The second-order valence-corrected chi connectivity index (χ2v) is 5.31. The van der Waals surface area contributed by atoms with Gasteiger partial charge in [0.2, 0.25) is 0 Å². The van der Waals surface area contributed by atoms with Crippen molar-refractivity contribution in [1.82, 2.24) is 5.32 Å². The van der Waals surface area contributed by atoms with Crippen molar-refractivity contribution >= 4 is 11.6 Å². The van der Waals surface area contributed by atoms with Gasteiger partial charge in [-0.1, -0.05) is 23.7 Å². The largest absolute Gasteiger partial charge is 0.497 e. The lowest BCUT2D eigenvalue weighted by molar-refractivity contribution is 0.392. The molecule has 2 aromatic carbocycles. The Balaban J connectivity index is 2.05. The smallest absolute Gasteiger partial charge is 0.122 e. The molecule has 0 spiro atoms. The summed E-state index contributed by atoms with van der Waals surface area (Å²) < 4.78 is 10.6. The number of rotatable bonds is 6. The highest BCUT2D eigenvalue weighted by molar-refractivity contribution is 6.30. The zero-order valence-electron chi connectivity index (χ0n) is 12.5. The summed E-state index contributed by atoms with van der Waals surface area (Å²) >= 11 is 6.02. The van der Waals surface area contributed by atoms with Crippen LogP contribution in [0.2, 0.25) is 5.02 Å². The minimum absolute atomic E-state index is 0.209. The van der Waals surface area contributed by atoms with Crippen molar-refractivity contribution in [1.29, 1.82) is 0 Å². The van der Waals surface area contributed by atoms with Gasteiger partial charge < -0.3 is 14.8 Å². The Hall–Kier alpha value is -1.71. The van der Waals surface area contributed by atoms with Gasteiger partial charge in [0.25, 0.3) is 0 Å². The summed E-state index contributed by atoms with van der Waals surface area (Å²) in [6, 6.07) is 14.0.